The quantitative estimate of drug-likeness (QED) is 0.617. The molecule has 0 spiro atoms. The molecule has 0 aliphatic carbocycles. The lowest BCUT2D eigenvalue weighted by Gasteiger charge is -2.31. The van der Waals surface area contributed by atoms with E-state index >= 15 is 0 Å². The Morgan fingerprint density at radius 1 is 1.19 bits per heavy atom. The molecule has 0 saturated carbocycles. The van der Waals surface area contributed by atoms with E-state index in [0.717, 1.165) is 40.4 Å². The topological polar surface area (TPSA) is 92.3 Å². The summed E-state index contributed by atoms with van der Waals surface area (Å²) in [6, 6.07) is 4.13. The Bertz CT molecular complexity index is 1040. The smallest absolute Gasteiger partial charge is 0.300 e. The summed E-state index contributed by atoms with van der Waals surface area (Å²) in [7, 11) is -4.33. The molecule has 32 heavy (non-hydrogen) atoms. The van der Waals surface area contributed by atoms with E-state index < -0.39 is 32.6 Å². The summed E-state index contributed by atoms with van der Waals surface area (Å²) in [5.74, 6) is -0.462. The van der Waals surface area contributed by atoms with Crippen LogP contribution in [0.2, 0.25) is 0 Å². The van der Waals surface area contributed by atoms with Gasteiger partial charge in [-0.2, -0.15) is 17.5 Å². The molecule has 0 unspecified atom stereocenters. The number of nitrogens with zero attached hydrogens (tertiary/aromatic N) is 3. The van der Waals surface area contributed by atoms with Crippen LogP contribution in [0.25, 0.3) is 0 Å². The van der Waals surface area contributed by atoms with Gasteiger partial charge in [0.05, 0.1) is 10.5 Å². The lowest BCUT2D eigenvalue weighted by atomic mass is 9.97. The average Bonchev–Trinajstić information content (AvgIpc) is 3.22. The number of carbonyl (C=O) groups excluding carboxylic acids is 1. The lowest BCUT2D eigenvalue weighted by Crippen LogP contribution is -2.41. The van der Waals surface area contributed by atoms with Gasteiger partial charge in [0.2, 0.25) is 21.1 Å². The molecule has 1 saturated heterocycles. The minimum Gasteiger partial charge on any atom is -0.300 e. The van der Waals surface area contributed by atoms with Crippen molar-refractivity contribution in [3.63, 3.8) is 0 Å². The van der Waals surface area contributed by atoms with Gasteiger partial charge in [-0.05, 0) is 37.8 Å². The van der Waals surface area contributed by atoms with Crippen molar-refractivity contribution >= 4 is 32.4 Å². The highest BCUT2D eigenvalue weighted by molar-refractivity contribution is 7.89. The summed E-state index contributed by atoms with van der Waals surface area (Å²) in [6.07, 6.45) is -2.53. The SMILES string of the molecule is CCC(CC)c1nnc(NC(=O)C2CCN(S(=O)(=O)c3ccccc3C(F)(F)F)CC2)s1. The molecule has 7 nitrogen and oxygen atoms in total. The highest BCUT2D eigenvalue weighted by Gasteiger charge is 2.40. The third-order valence-corrected chi connectivity index (χ3v) is 8.60. The fourth-order valence-electron chi connectivity index (χ4n) is 3.72. The first-order valence-corrected chi connectivity index (χ1v) is 12.6. The molecular formula is C20H25F3N4O3S2. The van der Waals surface area contributed by atoms with Crippen LogP contribution in [0.1, 0.15) is 56.0 Å². The monoisotopic (exact) mass is 490 g/mol. The maximum absolute atomic E-state index is 13.3. The Kier molecular flexibility index (Phi) is 7.56. The highest BCUT2D eigenvalue weighted by Crippen LogP contribution is 2.36. The second-order valence-electron chi connectivity index (χ2n) is 7.62. The predicted molar refractivity (Wildman–Crippen MR) is 115 cm³/mol. The molecule has 2 heterocycles. The molecule has 1 amide bonds. The molecule has 2 aromatic rings. The van der Waals surface area contributed by atoms with Crippen molar-refractivity contribution in [2.75, 3.05) is 18.4 Å². The molecule has 1 aromatic carbocycles. The maximum atomic E-state index is 13.3. The van der Waals surface area contributed by atoms with Crippen molar-refractivity contribution in [1.82, 2.24) is 14.5 Å². The first-order valence-electron chi connectivity index (χ1n) is 10.4. The maximum Gasteiger partial charge on any atom is 0.417 e. The number of sulfonamides is 1. The van der Waals surface area contributed by atoms with Crippen molar-refractivity contribution < 1.29 is 26.4 Å². The van der Waals surface area contributed by atoms with Gasteiger partial charge in [-0.3, -0.25) is 4.79 Å². The average molecular weight is 491 g/mol. The molecule has 176 valence electrons. The van der Waals surface area contributed by atoms with E-state index in [1.54, 1.807) is 0 Å². The number of amides is 1. The number of carbonyl (C=O) groups is 1. The Morgan fingerprint density at radius 3 is 2.41 bits per heavy atom. The number of piperidine rings is 1. The third-order valence-electron chi connectivity index (χ3n) is 5.64. The molecule has 1 aliphatic rings. The number of rotatable bonds is 7. The van der Waals surface area contributed by atoms with Crippen LogP contribution in [-0.4, -0.2) is 41.9 Å². The van der Waals surface area contributed by atoms with Gasteiger partial charge in [-0.25, -0.2) is 8.42 Å². The van der Waals surface area contributed by atoms with E-state index in [4.69, 9.17) is 0 Å². The first kappa shape index (κ1) is 24.6. The Balaban J connectivity index is 1.65. The summed E-state index contributed by atoms with van der Waals surface area (Å²) < 4.78 is 66.5. The van der Waals surface area contributed by atoms with E-state index in [2.05, 4.69) is 29.4 Å². The van der Waals surface area contributed by atoms with E-state index in [9.17, 15) is 26.4 Å². The van der Waals surface area contributed by atoms with Crippen LogP contribution in [0, 0.1) is 5.92 Å². The second-order valence-corrected chi connectivity index (χ2v) is 10.5. The predicted octanol–water partition coefficient (Wildman–Crippen LogP) is 4.50. The molecule has 0 atom stereocenters. The third kappa shape index (κ3) is 5.29. The molecule has 1 aliphatic heterocycles. The van der Waals surface area contributed by atoms with E-state index in [-0.39, 0.29) is 37.8 Å². The van der Waals surface area contributed by atoms with Crippen molar-refractivity contribution in [3.8, 4) is 0 Å². The van der Waals surface area contributed by atoms with Gasteiger partial charge in [0.25, 0.3) is 0 Å². The molecule has 12 heteroatoms. The minimum atomic E-state index is -4.78. The molecule has 0 radical (unpaired) electrons. The zero-order chi connectivity index (χ0) is 23.5. The zero-order valence-electron chi connectivity index (χ0n) is 17.7. The van der Waals surface area contributed by atoms with Crippen LogP contribution in [0.3, 0.4) is 0 Å². The Morgan fingerprint density at radius 2 is 1.81 bits per heavy atom. The van der Waals surface area contributed by atoms with Crippen molar-refractivity contribution in [3.05, 3.63) is 34.8 Å². The summed E-state index contributed by atoms with van der Waals surface area (Å²) in [5.41, 5.74) is -1.19. The summed E-state index contributed by atoms with van der Waals surface area (Å²) in [5, 5.41) is 12.1. The Labute approximate surface area is 189 Å². The van der Waals surface area contributed by atoms with Gasteiger partial charge < -0.3 is 5.32 Å². The van der Waals surface area contributed by atoms with Crippen LogP contribution < -0.4 is 5.32 Å². The molecule has 1 aromatic heterocycles. The van der Waals surface area contributed by atoms with Crippen molar-refractivity contribution in [1.29, 1.82) is 0 Å². The van der Waals surface area contributed by atoms with Gasteiger partial charge in [-0.15, -0.1) is 10.2 Å². The summed E-state index contributed by atoms with van der Waals surface area (Å²) in [4.78, 5) is 11.8. The molecule has 1 N–H and O–H groups in total. The van der Waals surface area contributed by atoms with E-state index in [1.807, 2.05) is 0 Å². The highest BCUT2D eigenvalue weighted by atomic mass is 32.2. The molecule has 0 bridgehead atoms. The van der Waals surface area contributed by atoms with Crippen LogP contribution in [0.5, 0.6) is 0 Å². The number of hydrogen-bond donors (Lipinski definition) is 1. The van der Waals surface area contributed by atoms with Crippen molar-refractivity contribution in [2.24, 2.45) is 5.92 Å². The summed E-state index contributed by atoms with van der Waals surface area (Å²) in [6.45, 7) is 4.04. The second kappa shape index (κ2) is 9.84. The van der Waals surface area contributed by atoms with Gasteiger partial charge in [0, 0.05) is 24.9 Å². The van der Waals surface area contributed by atoms with Crippen LogP contribution in [0.4, 0.5) is 18.3 Å². The van der Waals surface area contributed by atoms with Crippen LogP contribution in [0.15, 0.2) is 29.2 Å². The van der Waals surface area contributed by atoms with Crippen LogP contribution in [-0.2, 0) is 21.0 Å². The van der Waals surface area contributed by atoms with Crippen molar-refractivity contribution in [2.45, 2.75) is 56.5 Å². The number of nitrogens with one attached hydrogen (secondary N) is 1. The Hall–Kier alpha value is -2.05. The fraction of sp³-hybridized carbons (Fsp3) is 0.550. The zero-order valence-corrected chi connectivity index (χ0v) is 19.4. The fourth-order valence-corrected chi connectivity index (χ4v) is 6.41. The number of benzene rings is 1. The van der Waals surface area contributed by atoms with Crippen LogP contribution >= 0.6 is 11.3 Å². The summed E-state index contributed by atoms with van der Waals surface area (Å²) >= 11 is 1.32. The first-order chi connectivity index (χ1) is 15.1. The van der Waals surface area contributed by atoms with E-state index in [1.165, 1.54) is 17.4 Å². The molecular weight excluding hydrogens is 465 g/mol. The van der Waals surface area contributed by atoms with Gasteiger partial charge >= 0.3 is 6.18 Å². The van der Waals surface area contributed by atoms with Gasteiger partial charge in [0.1, 0.15) is 5.01 Å². The lowest BCUT2D eigenvalue weighted by molar-refractivity contribution is -0.139. The van der Waals surface area contributed by atoms with Gasteiger partial charge in [0.15, 0.2) is 0 Å². The van der Waals surface area contributed by atoms with Gasteiger partial charge in [-0.1, -0.05) is 37.3 Å². The number of alkyl halides is 3. The normalized spacial score (nSPS) is 16.4. The molecule has 1 fully saturated rings. The minimum absolute atomic E-state index is 0.0400. The number of aromatic nitrogens is 2. The number of anilines is 1. The van der Waals surface area contributed by atoms with E-state index in [0.29, 0.717) is 5.13 Å². The molecule has 3 rings (SSSR count). The largest absolute Gasteiger partial charge is 0.417 e. The number of halogens is 3. The standard InChI is InChI=1S/C20H25F3N4O3S2/c1-3-13(4-2)18-25-26-19(31-18)24-17(28)14-9-11-27(12-10-14)32(29,30)16-8-6-5-7-15(16)20(21,22)23/h5-8,13-14H,3-4,9-12H2,1-2H3,(H,24,26,28). The number of hydrogen-bond acceptors (Lipinski definition) is 6.